The van der Waals surface area contributed by atoms with Crippen LogP contribution in [-0.4, -0.2) is 16.6 Å². The highest BCUT2D eigenvalue weighted by Crippen LogP contribution is 2.30. The number of ketones is 2. The Morgan fingerprint density at radius 2 is 1.56 bits per heavy atom. The van der Waals surface area contributed by atoms with Crippen LogP contribution in [0.25, 0.3) is 0 Å². The molecule has 0 N–H and O–H groups in total. The molecule has 4 heteroatoms. The number of hydroxylamine groups is 2. The monoisotopic (exact) mass is 238 g/mol. The smallest absolute Gasteiger partial charge is 0.199 e. The normalized spacial score (nSPS) is 17.7. The third-order valence-corrected chi connectivity index (χ3v) is 2.95. The van der Waals surface area contributed by atoms with Gasteiger partial charge in [-0.3, -0.25) is 9.59 Å². The van der Waals surface area contributed by atoms with Crippen molar-refractivity contribution in [1.29, 1.82) is 0 Å². The van der Waals surface area contributed by atoms with E-state index in [0.717, 1.165) is 0 Å². The number of fused-ring (bicyclic) bond motifs is 1. The standard InChI is InChI=1S/C14H8NO3/c16-13-9-5-1-2-6-10(9)14(17)12(13)11-7-3-4-8-15(11)18/h1-8H/q-1. The molecule has 0 spiro atoms. The van der Waals surface area contributed by atoms with Crippen LogP contribution in [0.4, 0.5) is 0 Å². The van der Waals surface area contributed by atoms with Gasteiger partial charge in [0, 0.05) is 16.8 Å². The quantitative estimate of drug-likeness (QED) is 0.513. The van der Waals surface area contributed by atoms with Gasteiger partial charge >= 0.3 is 0 Å². The number of hydrogen-bond acceptors (Lipinski definition) is 4. The lowest BCUT2D eigenvalue weighted by molar-refractivity contribution is 0.0985. The number of hydrogen-bond donors (Lipinski definition) is 0. The van der Waals surface area contributed by atoms with E-state index in [1.54, 1.807) is 36.4 Å². The molecule has 0 radical (unpaired) electrons. The molecule has 1 heterocycles. The number of Topliss-reactive ketones (excluding diaryl/α,β-unsaturated/α-hetero) is 2. The Kier molecular flexibility index (Phi) is 2.25. The van der Waals surface area contributed by atoms with Crippen LogP contribution in [0, 0.1) is 5.21 Å². The zero-order valence-corrected chi connectivity index (χ0v) is 9.29. The Morgan fingerprint density at radius 1 is 0.944 bits per heavy atom. The van der Waals surface area contributed by atoms with Crippen molar-refractivity contribution in [1.82, 2.24) is 5.06 Å². The number of benzene rings is 1. The van der Waals surface area contributed by atoms with Crippen molar-refractivity contribution in [2.24, 2.45) is 0 Å². The van der Waals surface area contributed by atoms with E-state index in [1.807, 2.05) is 0 Å². The summed E-state index contributed by atoms with van der Waals surface area (Å²) in [4.78, 5) is 24.3. The molecular weight excluding hydrogens is 230 g/mol. The fraction of sp³-hybridized carbons (Fsp3) is 0. The molecule has 1 aliphatic carbocycles. The van der Waals surface area contributed by atoms with Gasteiger partial charge in [0.15, 0.2) is 11.6 Å². The fourth-order valence-corrected chi connectivity index (χ4v) is 2.11. The summed E-state index contributed by atoms with van der Waals surface area (Å²) < 4.78 is 0. The maximum atomic E-state index is 12.1. The van der Waals surface area contributed by atoms with Crippen LogP contribution in [0.3, 0.4) is 0 Å². The number of allylic oxidation sites excluding steroid dienone is 4. The van der Waals surface area contributed by atoms with Crippen molar-refractivity contribution >= 4 is 11.6 Å². The van der Waals surface area contributed by atoms with Crippen molar-refractivity contribution in [2.75, 3.05) is 0 Å². The minimum Gasteiger partial charge on any atom is -0.754 e. The first-order valence-corrected chi connectivity index (χ1v) is 5.44. The van der Waals surface area contributed by atoms with Crippen LogP contribution >= 0.6 is 0 Å². The van der Waals surface area contributed by atoms with Gasteiger partial charge in [-0.05, 0) is 18.4 Å². The lowest BCUT2D eigenvalue weighted by Gasteiger charge is -2.30. The van der Waals surface area contributed by atoms with E-state index in [4.69, 9.17) is 0 Å². The lowest BCUT2D eigenvalue weighted by Crippen LogP contribution is -2.16. The molecule has 18 heavy (non-hydrogen) atoms. The van der Waals surface area contributed by atoms with Gasteiger partial charge in [0.05, 0.1) is 5.57 Å². The van der Waals surface area contributed by atoms with Crippen LogP contribution in [0.5, 0.6) is 0 Å². The van der Waals surface area contributed by atoms with Gasteiger partial charge in [-0.15, -0.1) is 0 Å². The van der Waals surface area contributed by atoms with E-state index < -0.39 is 0 Å². The Hall–Kier alpha value is -2.46. The van der Waals surface area contributed by atoms with Crippen molar-refractivity contribution < 1.29 is 9.59 Å². The molecule has 0 unspecified atom stereocenters. The van der Waals surface area contributed by atoms with Gasteiger partial charge in [-0.1, -0.05) is 30.3 Å². The summed E-state index contributed by atoms with van der Waals surface area (Å²) in [6.45, 7) is 0. The highest BCUT2D eigenvalue weighted by atomic mass is 16.5. The molecule has 0 bridgehead atoms. The summed E-state index contributed by atoms with van der Waals surface area (Å²) in [5.41, 5.74) is 0.776. The molecule has 1 aliphatic heterocycles. The largest absolute Gasteiger partial charge is 0.754 e. The van der Waals surface area contributed by atoms with Crippen molar-refractivity contribution in [3.8, 4) is 0 Å². The molecule has 1 aromatic rings. The van der Waals surface area contributed by atoms with E-state index in [-0.39, 0.29) is 22.8 Å². The van der Waals surface area contributed by atoms with Gasteiger partial charge in [0.2, 0.25) is 0 Å². The number of nitrogens with zero attached hydrogens (tertiary/aromatic N) is 1. The summed E-state index contributed by atoms with van der Waals surface area (Å²) in [7, 11) is 0. The van der Waals surface area contributed by atoms with Gasteiger partial charge in [-0.2, -0.15) is 0 Å². The zero-order valence-electron chi connectivity index (χ0n) is 9.29. The summed E-state index contributed by atoms with van der Waals surface area (Å²) >= 11 is 0. The summed E-state index contributed by atoms with van der Waals surface area (Å²) in [6, 6.07) is 6.59. The Labute approximate surface area is 103 Å². The van der Waals surface area contributed by atoms with Crippen LogP contribution in [-0.2, 0) is 0 Å². The molecular formula is C14H8NO3-. The van der Waals surface area contributed by atoms with Crippen molar-refractivity contribution in [2.45, 2.75) is 0 Å². The second-order valence-corrected chi connectivity index (χ2v) is 3.99. The van der Waals surface area contributed by atoms with Crippen LogP contribution < -0.4 is 0 Å². The summed E-state index contributed by atoms with van der Waals surface area (Å²) in [5, 5.41) is 12.2. The van der Waals surface area contributed by atoms with E-state index in [0.29, 0.717) is 16.2 Å². The maximum absolute atomic E-state index is 12.1. The van der Waals surface area contributed by atoms with Crippen LogP contribution in [0.15, 0.2) is 60.0 Å². The Balaban J connectivity index is 2.21. The zero-order chi connectivity index (χ0) is 12.7. The average molecular weight is 238 g/mol. The average Bonchev–Trinajstić information content (AvgIpc) is 2.64. The lowest BCUT2D eigenvalue weighted by atomic mass is 10.1. The molecule has 3 rings (SSSR count). The molecule has 2 aliphatic rings. The van der Waals surface area contributed by atoms with Gasteiger partial charge < -0.3 is 10.3 Å². The maximum Gasteiger partial charge on any atom is 0.199 e. The SMILES string of the molecule is O=C1C(=C2C=CC=CN2[O-])C(=O)c2ccccc21. The topological polar surface area (TPSA) is 60.4 Å². The highest BCUT2D eigenvalue weighted by molar-refractivity contribution is 6.39. The first-order valence-electron chi connectivity index (χ1n) is 5.44. The minimum absolute atomic E-state index is 0.0493. The molecule has 0 amide bonds. The summed E-state index contributed by atoms with van der Waals surface area (Å²) in [5.74, 6) is -0.766. The Morgan fingerprint density at radius 3 is 2.11 bits per heavy atom. The van der Waals surface area contributed by atoms with Crippen molar-refractivity contribution in [3.63, 3.8) is 0 Å². The highest BCUT2D eigenvalue weighted by Gasteiger charge is 2.35. The predicted molar refractivity (Wildman–Crippen MR) is 65.6 cm³/mol. The number of carbonyl (C=O) groups excluding carboxylic acids is 2. The van der Waals surface area contributed by atoms with Crippen molar-refractivity contribution in [3.05, 3.63) is 76.3 Å². The minimum atomic E-state index is -0.383. The molecule has 0 aromatic heterocycles. The van der Waals surface area contributed by atoms with E-state index in [1.165, 1.54) is 12.3 Å². The fourth-order valence-electron chi connectivity index (χ4n) is 2.11. The molecule has 0 atom stereocenters. The first kappa shape index (κ1) is 10.7. The molecule has 88 valence electrons. The Bertz CT molecular complexity index is 616. The summed E-state index contributed by atoms with van der Waals surface area (Å²) in [6.07, 6.45) is 5.92. The van der Waals surface area contributed by atoms with E-state index in [9.17, 15) is 14.8 Å². The first-order chi connectivity index (χ1) is 8.70. The van der Waals surface area contributed by atoms with Gasteiger partial charge in [0.25, 0.3) is 0 Å². The molecule has 0 fully saturated rings. The van der Waals surface area contributed by atoms with Gasteiger partial charge in [-0.25, -0.2) is 0 Å². The van der Waals surface area contributed by atoms with E-state index in [2.05, 4.69) is 0 Å². The number of carbonyl (C=O) groups is 2. The predicted octanol–water partition coefficient (Wildman–Crippen LogP) is 2.20. The van der Waals surface area contributed by atoms with Crippen LogP contribution in [0.2, 0.25) is 0 Å². The molecule has 4 nitrogen and oxygen atoms in total. The van der Waals surface area contributed by atoms with Crippen LogP contribution in [0.1, 0.15) is 20.7 Å². The second-order valence-electron chi connectivity index (χ2n) is 3.99. The molecule has 1 aromatic carbocycles. The van der Waals surface area contributed by atoms with E-state index >= 15 is 0 Å². The second kappa shape index (κ2) is 3.78. The third-order valence-electron chi connectivity index (χ3n) is 2.95. The number of rotatable bonds is 0. The van der Waals surface area contributed by atoms with Gasteiger partial charge in [0.1, 0.15) is 0 Å². The third kappa shape index (κ3) is 1.36. The molecule has 0 saturated heterocycles. The molecule has 0 saturated carbocycles.